The molecular formula is C21H25NO4. The van der Waals surface area contributed by atoms with E-state index < -0.39 is 5.97 Å². The van der Waals surface area contributed by atoms with E-state index in [1.165, 1.54) is 4.90 Å². The third-order valence-corrected chi connectivity index (χ3v) is 4.03. The van der Waals surface area contributed by atoms with Crippen LogP contribution in [0.15, 0.2) is 48.5 Å². The first-order chi connectivity index (χ1) is 12.5. The topological polar surface area (TPSA) is 55.8 Å². The first kappa shape index (κ1) is 19.5. The van der Waals surface area contributed by atoms with Gasteiger partial charge in [-0.25, -0.2) is 0 Å². The van der Waals surface area contributed by atoms with Crippen LogP contribution in [0.5, 0.6) is 5.75 Å². The molecule has 26 heavy (non-hydrogen) atoms. The zero-order chi connectivity index (χ0) is 18.9. The lowest BCUT2D eigenvalue weighted by atomic mass is 10.1. The largest absolute Gasteiger partial charge is 0.484 e. The van der Waals surface area contributed by atoms with Crippen LogP contribution in [-0.2, 0) is 20.9 Å². The lowest BCUT2D eigenvalue weighted by Gasteiger charge is -2.22. The van der Waals surface area contributed by atoms with Crippen molar-refractivity contribution < 1.29 is 19.1 Å². The summed E-state index contributed by atoms with van der Waals surface area (Å²) in [7, 11) is 0. The monoisotopic (exact) mass is 355 g/mol. The van der Waals surface area contributed by atoms with Crippen LogP contribution in [0.3, 0.4) is 0 Å². The maximum absolute atomic E-state index is 12.6. The molecule has 138 valence electrons. The van der Waals surface area contributed by atoms with Crippen molar-refractivity contribution in [2.75, 3.05) is 19.8 Å². The summed E-state index contributed by atoms with van der Waals surface area (Å²) in [4.78, 5) is 25.9. The Morgan fingerprint density at radius 3 is 2.38 bits per heavy atom. The van der Waals surface area contributed by atoms with Crippen LogP contribution >= 0.6 is 0 Å². The molecule has 0 aliphatic carbocycles. The van der Waals surface area contributed by atoms with Crippen LogP contribution in [0.1, 0.15) is 23.6 Å². The molecule has 0 aromatic heterocycles. The Hall–Kier alpha value is -2.82. The number of hydrogen-bond acceptors (Lipinski definition) is 4. The summed E-state index contributed by atoms with van der Waals surface area (Å²) in [5.41, 5.74) is 3.20. The normalized spacial score (nSPS) is 10.3. The highest BCUT2D eigenvalue weighted by Gasteiger charge is 2.19. The van der Waals surface area contributed by atoms with Gasteiger partial charge in [0, 0.05) is 6.54 Å². The minimum Gasteiger partial charge on any atom is -0.484 e. The van der Waals surface area contributed by atoms with Crippen LogP contribution in [-0.4, -0.2) is 36.5 Å². The summed E-state index contributed by atoms with van der Waals surface area (Å²) in [6, 6.07) is 15.2. The second-order valence-corrected chi connectivity index (χ2v) is 6.08. The molecule has 0 radical (unpaired) electrons. The summed E-state index contributed by atoms with van der Waals surface area (Å²) in [6.07, 6.45) is 0. The maximum atomic E-state index is 12.6. The number of ether oxygens (including phenoxy) is 2. The molecule has 0 atom stereocenters. The molecule has 0 spiro atoms. The van der Waals surface area contributed by atoms with Crippen molar-refractivity contribution in [2.24, 2.45) is 0 Å². The van der Waals surface area contributed by atoms with Gasteiger partial charge in [-0.2, -0.15) is 0 Å². The fourth-order valence-electron chi connectivity index (χ4n) is 2.44. The SMILES string of the molecule is CCOC(=O)CN(Cc1ccccc1)C(=O)COc1ccc(C)c(C)c1. The predicted octanol–water partition coefficient (Wildman–Crippen LogP) is 3.27. The Balaban J connectivity index is 2.03. The van der Waals surface area contributed by atoms with Crippen molar-refractivity contribution in [2.45, 2.75) is 27.3 Å². The van der Waals surface area contributed by atoms with Gasteiger partial charge < -0.3 is 14.4 Å². The van der Waals surface area contributed by atoms with E-state index in [4.69, 9.17) is 9.47 Å². The molecule has 0 unspecified atom stereocenters. The highest BCUT2D eigenvalue weighted by Crippen LogP contribution is 2.16. The molecule has 2 aromatic carbocycles. The molecule has 5 heteroatoms. The van der Waals surface area contributed by atoms with Crippen LogP contribution in [0.2, 0.25) is 0 Å². The molecule has 0 bridgehead atoms. The van der Waals surface area contributed by atoms with E-state index in [-0.39, 0.29) is 25.7 Å². The molecule has 5 nitrogen and oxygen atoms in total. The predicted molar refractivity (Wildman–Crippen MR) is 99.9 cm³/mol. The van der Waals surface area contributed by atoms with Gasteiger partial charge in [0.1, 0.15) is 12.3 Å². The van der Waals surface area contributed by atoms with E-state index in [1.807, 2.05) is 62.4 Å². The van der Waals surface area contributed by atoms with E-state index in [0.717, 1.165) is 16.7 Å². The van der Waals surface area contributed by atoms with Crippen LogP contribution in [0, 0.1) is 13.8 Å². The molecule has 2 rings (SSSR count). The second kappa shape index (κ2) is 9.61. The molecule has 0 saturated carbocycles. The number of carbonyl (C=O) groups is 2. The highest BCUT2D eigenvalue weighted by atomic mass is 16.5. The standard InChI is InChI=1S/C21H25NO4/c1-4-25-21(24)14-22(13-18-8-6-5-7-9-18)20(23)15-26-19-11-10-16(2)17(3)12-19/h5-12H,4,13-15H2,1-3H3. The Morgan fingerprint density at radius 1 is 1.00 bits per heavy atom. The first-order valence-electron chi connectivity index (χ1n) is 8.67. The Morgan fingerprint density at radius 2 is 1.73 bits per heavy atom. The van der Waals surface area contributed by atoms with Gasteiger partial charge in [0.15, 0.2) is 6.61 Å². The van der Waals surface area contributed by atoms with Gasteiger partial charge in [-0.05, 0) is 49.6 Å². The van der Waals surface area contributed by atoms with Crippen molar-refractivity contribution in [3.8, 4) is 5.75 Å². The van der Waals surface area contributed by atoms with Crippen molar-refractivity contribution in [1.29, 1.82) is 0 Å². The summed E-state index contributed by atoms with van der Waals surface area (Å²) in [5, 5.41) is 0. The quantitative estimate of drug-likeness (QED) is 0.682. The molecule has 0 aliphatic rings. The lowest BCUT2D eigenvalue weighted by molar-refractivity contribution is -0.149. The zero-order valence-electron chi connectivity index (χ0n) is 15.5. The molecule has 0 saturated heterocycles. The van der Waals surface area contributed by atoms with Gasteiger partial charge in [0.05, 0.1) is 6.61 Å². The Kier molecular flexibility index (Phi) is 7.21. The molecular weight excluding hydrogens is 330 g/mol. The molecule has 1 amide bonds. The number of amides is 1. The number of benzene rings is 2. The van der Waals surface area contributed by atoms with Crippen LogP contribution in [0.4, 0.5) is 0 Å². The number of aryl methyl sites for hydroxylation is 2. The van der Waals surface area contributed by atoms with Crippen molar-refractivity contribution >= 4 is 11.9 Å². The third-order valence-electron chi connectivity index (χ3n) is 4.03. The lowest BCUT2D eigenvalue weighted by Crippen LogP contribution is -2.38. The van der Waals surface area contributed by atoms with Gasteiger partial charge in [-0.1, -0.05) is 36.4 Å². The van der Waals surface area contributed by atoms with Gasteiger partial charge in [-0.15, -0.1) is 0 Å². The molecule has 2 aromatic rings. The van der Waals surface area contributed by atoms with E-state index in [0.29, 0.717) is 12.3 Å². The third kappa shape index (κ3) is 5.92. The summed E-state index contributed by atoms with van der Waals surface area (Å²) in [5.74, 6) is -0.0552. The molecule has 0 N–H and O–H groups in total. The number of rotatable bonds is 8. The summed E-state index contributed by atoms with van der Waals surface area (Å²) < 4.78 is 10.6. The maximum Gasteiger partial charge on any atom is 0.325 e. The number of esters is 1. The minimum atomic E-state index is -0.428. The van der Waals surface area contributed by atoms with Crippen LogP contribution < -0.4 is 4.74 Å². The summed E-state index contributed by atoms with van der Waals surface area (Å²) in [6.45, 7) is 6.13. The van der Waals surface area contributed by atoms with Crippen molar-refractivity contribution in [3.05, 3.63) is 65.2 Å². The van der Waals surface area contributed by atoms with Gasteiger partial charge in [-0.3, -0.25) is 9.59 Å². The van der Waals surface area contributed by atoms with Gasteiger partial charge in [0.25, 0.3) is 5.91 Å². The fraction of sp³-hybridized carbons (Fsp3) is 0.333. The smallest absolute Gasteiger partial charge is 0.325 e. The van der Waals surface area contributed by atoms with Crippen LogP contribution in [0.25, 0.3) is 0 Å². The summed E-state index contributed by atoms with van der Waals surface area (Å²) >= 11 is 0. The number of nitrogens with zero attached hydrogens (tertiary/aromatic N) is 1. The average Bonchev–Trinajstić information content (AvgIpc) is 2.63. The Labute approximate surface area is 154 Å². The highest BCUT2D eigenvalue weighted by molar-refractivity contribution is 5.83. The van der Waals surface area contributed by atoms with Gasteiger partial charge >= 0.3 is 5.97 Å². The molecule has 0 aliphatic heterocycles. The van der Waals surface area contributed by atoms with Gasteiger partial charge in [0.2, 0.25) is 0 Å². The second-order valence-electron chi connectivity index (χ2n) is 6.08. The Bertz CT molecular complexity index is 743. The van der Waals surface area contributed by atoms with E-state index >= 15 is 0 Å². The minimum absolute atomic E-state index is 0.0994. The number of hydrogen-bond donors (Lipinski definition) is 0. The zero-order valence-corrected chi connectivity index (χ0v) is 15.5. The number of carbonyl (C=O) groups excluding carboxylic acids is 2. The molecule has 0 fully saturated rings. The van der Waals surface area contributed by atoms with E-state index in [1.54, 1.807) is 6.92 Å². The first-order valence-corrected chi connectivity index (χ1v) is 8.67. The fourth-order valence-corrected chi connectivity index (χ4v) is 2.44. The van der Waals surface area contributed by atoms with Crippen molar-refractivity contribution in [3.63, 3.8) is 0 Å². The average molecular weight is 355 g/mol. The van der Waals surface area contributed by atoms with E-state index in [2.05, 4.69) is 0 Å². The molecule has 0 heterocycles. The van der Waals surface area contributed by atoms with Crippen molar-refractivity contribution in [1.82, 2.24) is 4.90 Å². The van der Waals surface area contributed by atoms with E-state index in [9.17, 15) is 9.59 Å².